The lowest BCUT2D eigenvalue weighted by Gasteiger charge is -2.19. The van der Waals surface area contributed by atoms with E-state index in [1.807, 2.05) is 13.8 Å². The quantitative estimate of drug-likeness (QED) is 0.770. The first-order valence-corrected chi connectivity index (χ1v) is 7.43. The fourth-order valence-electron chi connectivity index (χ4n) is 1.58. The van der Waals surface area contributed by atoms with E-state index in [-0.39, 0.29) is 23.9 Å². The van der Waals surface area contributed by atoms with E-state index in [1.165, 1.54) is 4.68 Å². The molecule has 9 heteroatoms. The lowest BCUT2D eigenvalue weighted by atomic mass is 10.0. The van der Waals surface area contributed by atoms with Gasteiger partial charge in [-0.25, -0.2) is 13.1 Å². The van der Waals surface area contributed by atoms with Gasteiger partial charge in [0.05, 0.1) is 12.5 Å². The van der Waals surface area contributed by atoms with Crippen LogP contribution in [-0.4, -0.2) is 46.0 Å². The van der Waals surface area contributed by atoms with Crippen LogP contribution < -0.4 is 0 Å². The molecule has 0 fully saturated rings. The highest BCUT2D eigenvalue weighted by molar-refractivity contribution is 7.89. The minimum Gasteiger partial charge on any atom is -0.481 e. The molecule has 0 bridgehead atoms. The summed E-state index contributed by atoms with van der Waals surface area (Å²) < 4.78 is 23.8. The summed E-state index contributed by atoms with van der Waals surface area (Å²) in [4.78, 5) is 10.8. The van der Waals surface area contributed by atoms with Gasteiger partial charge in [0.15, 0.2) is 15.7 Å². The molecule has 0 saturated heterocycles. The highest BCUT2D eigenvalue weighted by atomic mass is 32.2. The standard InChI is InChI=1S/C9H16N4O4S/c1-6(2)7(4-9(14)15)13-8(10-11-12-13)5-18(3,16)17/h6-7H,4-5H2,1-3H3,(H,14,15). The number of carboxylic acid groups (broad SMARTS) is 1. The predicted molar refractivity (Wildman–Crippen MR) is 62.5 cm³/mol. The van der Waals surface area contributed by atoms with E-state index in [0.29, 0.717) is 0 Å². The van der Waals surface area contributed by atoms with E-state index in [4.69, 9.17) is 5.11 Å². The molecule has 0 aromatic carbocycles. The summed E-state index contributed by atoms with van der Waals surface area (Å²) in [6, 6.07) is -0.464. The molecule has 18 heavy (non-hydrogen) atoms. The monoisotopic (exact) mass is 276 g/mol. The van der Waals surface area contributed by atoms with Crippen LogP contribution in [-0.2, 0) is 20.4 Å². The second kappa shape index (κ2) is 5.42. The maximum Gasteiger partial charge on any atom is 0.305 e. The number of hydrogen-bond donors (Lipinski definition) is 1. The van der Waals surface area contributed by atoms with Crippen LogP contribution in [0, 0.1) is 5.92 Å². The van der Waals surface area contributed by atoms with Crippen LogP contribution in [0.25, 0.3) is 0 Å². The van der Waals surface area contributed by atoms with Crippen LogP contribution in [0.5, 0.6) is 0 Å². The Hall–Kier alpha value is -1.51. The lowest BCUT2D eigenvalue weighted by molar-refractivity contribution is -0.138. The van der Waals surface area contributed by atoms with Gasteiger partial charge in [0.2, 0.25) is 0 Å². The number of tetrazole rings is 1. The second-order valence-corrected chi connectivity index (χ2v) is 6.66. The van der Waals surface area contributed by atoms with Gasteiger partial charge in [-0.1, -0.05) is 13.8 Å². The molecule has 1 rings (SSSR count). The minimum absolute atomic E-state index is 0.0251. The summed E-state index contributed by atoms with van der Waals surface area (Å²) in [5.41, 5.74) is 0. The number of rotatable bonds is 6. The third-order valence-corrected chi connectivity index (χ3v) is 3.20. The zero-order valence-corrected chi connectivity index (χ0v) is 11.3. The van der Waals surface area contributed by atoms with Crippen LogP contribution in [0.3, 0.4) is 0 Å². The summed E-state index contributed by atoms with van der Waals surface area (Å²) in [7, 11) is -3.27. The number of carboxylic acids is 1. The largest absolute Gasteiger partial charge is 0.481 e. The highest BCUT2D eigenvalue weighted by Crippen LogP contribution is 2.22. The Labute approximate surface area is 105 Å². The van der Waals surface area contributed by atoms with Gasteiger partial charge in [-0.15, -0.1) is 5.10 Å². The van der Waals surface area contributed by atoms with Crippen molar-refractivity contribution in [3.8, 4) is 0 Å². The van der Waals surface area contributed by atoms with Gasteiger partial charge in [-0.05, 0) is 16.3 Å². The molecule has 0 saturated carbocycles. The molecular formula is C9H16N4O4S. The predicted octanol–water partition coefficient (Wildman–Crippen LogP) is -0.111. The minimum atomic E-state index is -3.27. The maximum atomic E-state index is 11.2. The first-order valence-electron chi connectivity index (χ1n) is 5.37. The highest BCUT2D eigenvalue weighted by Gasteiger charge is 2.24. The molecule has 0 amide bonds. The van der Waals surface area contributed by atoms with Gasteiger partial charge in [0.25, 0.3) is 0 Å². The average Bonchev–Trinajstić information content (AvgIpc) is 2.58. The maximum absolute atomic E-state index is 11.2. The molecule has 0 radical (unpaired) electrons. The molecule has 1 atom stereocenters. The number of aliphatic carboxylic acids is 1. The first-order chi connectivity index (χ1) is 8.20. The van der Waals surface area contributed by atoms with Gasteiger partial charge in [-0.2, -0.15) is 0 Å². The Morgan fingerprint density at radius 3 is 2.50 bits per heavy atom. The molecule has 1 heterocycles. The fraction of sp³-hybridized carbons (Fsp3) is 0.778. The van der Waals surface area contributed by atoms with Gasteiger partial charge < -0.3 is 5.11 Å². The van der Waals surface area contributed by atoms with E-state index in [9.17, 15) is 13.2 Å². The summed E-state index contributed by atoms with van der Waals surface area (Å²) >= 11 is 0. The van der Waals surface area contributed by atoms with Crippen molar-refractivity contribution >= 4 is 15.8 Å². The Kier molecular flexibility index (Phi) is 4.38. The lowest BCUT2D eigenvalue weighted by Crippen LogP contribution is -2.23. The molecule has 0 aliphatic carbocycles. The van der Waals surface area contributed by atoms with Crippen molar-refractivity contribution in [1.82, 2.24) is 20.2 Å². The van der Waals surface area contributed by atoms with Gasteiger partial charge in [-0.3, -0.25) is 4.79 Å². The third kappa shape index (κ3) is 4.06. The van der Waals surface area contributed by atoms with E-state index < -0.39 is 21.8 Å². The number of carbonyl (C=O) groups is 1. The molecule has 8 nitrogen and oxygen atoms in total. The van der Waals surface area contributed by atoms with E-state index in [2.05, 4.69) is 15.5 Å². The third-order valence-electron chi connectivity index (χ3n) is 2.42. The zero-order chi connectivity index (χ0) is 13.9. The summed E-state index contributed by atoms with van der Waals surface area (Å²) in [6.07, 6.45) is 0.924. The van der Waals surface area contributed by atoms with Crippen molar-refractivity contribution in [2.24, 2.45) is 5.92 Å². The Morgan fingerprint density at radius 1 is 1.44 bits per heavy atom. The van der Waals surface area contributed by atoms with E-state index >= 15 is 0 Å². The Morgan fingerprint density at radius 2 is 2.06 bits per heavy atom. The summed E-state index contributed by atoms with van der Waals surface area (Å²) in [5.74, 6) is -1.14. The van der Waals surface area contributed by atoms with Crippen molar-refractivity contribution in [1.29, 1.82) is 0 Å². The average molecular weight is 276 g/mol. The smallest absolute Gasteiger partial charge is 0.305 e. The molecule has 1 unspecified atom stereocenters. The number of nitrogens with zero attached hydrogens (tertiary/aromatic N) is 4. The van der Waals surface area contributed by atoms with Crippen LogP contribution in [0.4, 0.5) is 0 Å². The fourth-order valence-corrected chi connectivity index (χ4v) is 2.24. The second-order valence-electron chi connectivity index (χ2n) is 4.52. The van der Waals surface area contributed by atoms with Gasteiger partial charge in [0, 0.05) is 6.26 Å². The van der Waals surface area contributed by atoms with E-state index in [1.54, 1.807) is 0 Å². The van der Waals surface area contributed by atoms with E-state index in [0.717, 1.165) is 6.26 Å². The van der Waals surface area contributed by atoms with Crippen LogP contribution in [0.1, 0.15) is 32.1 Å². The number of hydrogen-bond acceptors (Lipinski definition) is 6. The Balaban J connectivity index is 3.06. The summed E-state index contributed by atoms with van der Waals surface area (Å²) in [6.45, 7) is 3.67. The van der Waals surface area contributed by atoms with Crippen molar-refractivity contribution in [2.45, 2.75) is 32.1 Å². The first kappa shape index (κ1) is 14.6. The summed E-state index contributed by atoms with van der Waals surface area (Å²) in [5, 5.41) is 19.6. The van der Waals surface area contributed by atoms with Crippen molar-refractivity contribution < 1.29 is 18.3 Å². The topological polar surface area (TPSA) is 115 Å². The molecule has 0 aliphatic heterocycles. The SMILES string of the molecule is CC(C)C(CC(=O)O)n1nnnc1CS(C)(=O)=O. The molecule has 1 aromatic heterocycles. The molecule has 1 aromatic rings. The van der Waals surface area contributed by atoms with Gasteiger partial charge in [0.1, 0.15) is 5.75 Å². The van der Waals surface area contributed by atoms with Crippen LogP contribution in [0.2, 0.25) is 0 Å². The number of aromatic nitrogens is 4. The van der Waals surface area contributed by atoms with Crippen LogP contribution in [0.15, 0.2) is 0 Å². The normalized spacial score (nSPS) is 13.8. The van der Waals surface area contributed by atoms with Gasteiger partial charge >= 0.3 is 5.97 Å². The Bertz CT molecular complexity index is 522. The molecule has 102 valence electrons. The molecule has 0 spiro atoms. The molecule has 0 aliphatic rings. The molecular weight excluding hydrogens is 260 g/mol. The number of sulfone groups is 1. The van der Waals surface area contributed by atoms with Crippen molar-refractivity contribution in [2.75, 3.05) is 6.26 Å². The molecule has 1 N–H and O–H groups in total. The van der Waals surface area contributed by atoms with Crippen molar-refractivity contribution in [3.05, 3.63) is 5.82 Å². The van der Waals surface area contributed by atoms with Crippen LogP contribution >= 0.6 is 0 Å². The van der Waals surface area contributed by atoms with Crippen molar-refractivity contribution in [3.63, 3.8) is 0 Å². The zero-order valence-electron chi connectivity index (χ0n) is 10.4.